The second kappa shape index (κ2) is 6.52. The predicted octanol–water partition coefficient (Wildman–Crippen LogP) is 1.16. The summed E-state index contributed by atoms with van der Waals surface area (Å²) in [5.74, 6) is 0.875. The van der Waals surface area contributed by atoms with Crippen molar-refractivity contribution in [2.24, 2.45) is 0 Å². The predicted molar refractivity (Wildman–Crippen MR) is 74.1 cm³/mol. The topological polar surface area (TPSA) is 45.7 Å². The van der Waals surface area contributed by atoms with E-state index in [0.29, 0.717) is 6.61 Å². The third-order valence-electron chi connectivity index (χ3n) is 3.46. The Morgan fingerprint density at radius 3 is 2.68 bits per heavy atom. The number of anilines is 1. The molecule has 19 heavy (non-hydrogen) atoms. The Morgan fingerprint density at radius 2 is 2.11 bits per heavy atom. The number of ether oxygens (including phenoxy) is 1. The summed E-state index contributed by atoms with van der Waals surface area (Å²) in [6, 6.07) is 5.77. The molecule has 5 nitrogen and oxygen atoms in total. The number of aromatic nitrogens is 1. The van der Waals surface area contributed by atoms with Crippen molar-refractivity contribution in [1.82, 2.24) is 9.88 Å². The summed E-state index contributed by atoms with van der Waals surface area (Å²) in [7, 11) is 0. The molecule has 0 aromatic carbocycles. The highest BCUT2D eigenvalue weighted by Crippen LogP contribution is 2.14. The number of esters is 1. The van der Waals surface area contributed by atoms with Gasteiger partial charge in [0.05, 0.1) is 6.61 Å². The van der Waals surface area contributed by atoms with Crippen LogP contribution in [-0.2, 0) is 9.53 Å². The summed E-state index contributed by atoms with van der Waals surface area (Å²) >= 11 is 0. The molecule has 0 radical (unpaired) electrons. The minimum Gasteiger partial charge on any atom is -0.465 e. The number of hydrogen-bond donors (Lipinski definition) is 0. The molecule has 1 aliphatic heterocycles. The van der Waals surface area contributed by atoms with E-state index in [2.05, 4.69) is 14.8 Å². The second-order valence-corrected chi connectivity index (χ2v) is 4.64. The second-order valence-electron chi connectivity index (χ2n) is 4.64. The minimum absolute atomic E-state index is 0.131. The molecular weight excluding hydrogens is 242 g/mol. The number of nitrogens with zero attached hydrogens (tertiary/aromatic N) is 3. The Bertz CT molecular complexity index is 402. The van der Waals surface area contributed by atoms with E-state index < -0.39 is 0 Å². The van der Waals surface area contributed by atoms with Crippen LogP contribution in [0.5, 0.6) is 0 Å². The van der Waals surface area contributed by atoms with Gasteiger partial charge in [0.15, 0.2) is 0 Å². The smallest absolute Gasteiger partial charge is 0.323 e. The first-order valence-corrected chi connectivity index (χ1v) is 6.79. The summed E-state index contributed by atoms with van der Waals surface area (Å²) in [4.78, 5) is 20.5. The van der Waals surface area contributed by atoms with Crippen LogP contribution in [0.25, 0.3) is 0 Å². The van der Waals surface area contributed by atoms with Crippen LogP contribution < -0.4 is 4.90 Å². The lowest BCUT2D eigenvalue weighted by molar-refractivity contribution is -0.149. The van der Waals surface area contributed by atoms with Gasteiger partial charge in [-0.15, -0.1) is 0 Å². The van der Waals surface area contributed by atoms with Gasteiger partial charge in [-0.25, -0.2) is 4.98 Å². The number of piperazine rings is 1. The van der Waals surface area contributed by atoms with Crippen molar-refractivity contribution in [3.05, 3.63) is 24.4 Å². The van der Waals surface area contributed by atoms with E-state index in [0.717, 1.165) is 32.0 Å². The average molecular weight is 263 g/mol. The Labute approximate surface area is 114 Å². The van der Waals surface area contributed by atoms with Crippen molar-refractivity contribution in [1.29, 1.82) is 0 Å². The van der Waals surface area contributed by atoms with Gasteiger partial charge in [-0.3, -0.25) is 9.69 Å². The number of rotatable bonds is 4. The van der Waals surface area contributed by atoms with Crippen LogP contribution in [0.15, 0.2) is 24.4 Å². The van der Waals surface area contributed by atoms with Crippen LogP contribution in [0.4, 0.5) is 5.82 Å². The fourth-order valence-electron chi connectivity index (χ4n) is 2.29. The molecule has 2 rings (SSSR count). The first-order chi connectivity index (χ1) is 9.22. The highest BCUT2D eigenvalue weighted by atomic mass is 16.5. The summed E-state index contributed by atoms with van der Waals surface area (Å²) in [6.07, 6.45) is 1.81. The minimum atomic E-state index is -0.161. The van der Waals surface area contributed by atoms with Crippen LogP contribution in [-0.4, -0.2) is 54.7 Å². The molecule has 0 N–H and O–H groups in total. The van der Waals surface area contributed by atoms with Crippen molar-refractivity contribution < 1.29 is 9.53 Å². The van der Waals surface area contributed by atoms with E-state index in [1.54, 1.807) is 0 Å². The molecule has 5 heteroatoms. The molecule has 104 valence electrons. The van der Waals surface area contributed by atoms with Crippen LogP contribution in [0, 0.1) is 0 Å². The number of hydrogen-bond acceptors (Lipinski definition) is 5. The quantitative estimate of drug-likeness (QED) is 0.763. The van der Waals surface area contributed by atoms with Gasteiger partial charge in [-0.2, -0.15) is 0 Å². The zero-order chi connectivity index (χ0) is 13.7. The maximum Gasteiger partial charge on any atom is 0.323 e. The normalized spacial score (nSPS) is 18.1. The highest BCUT2D eigenvalue weighted by Gasteiger charge is 2.26. The first-order valence-electron chi connectivity index (χ1n) is 6.79. The van der Waals surface area contributed by atoms with Gasteiger partial charge in [0.1, 0.15) is 11.9 Å². The lowest BCUT2D eigenvalue weighted by Gasteiger charge is -2.37. The molecule has 1 aromatic heterocycles. The Morgan fingerprint density at radius 1 is 1.37 bits per heavy atom. The molecule has 0 bridgehead atoms. The fraction of sp³-hybridized carbons (Fsp3) is 0.571. The van der Waals surface area contributed by atoms with Crippen molar-refractivity contribution >= 4 is 11.8 Å². The SMILES string of the molecule is CCOC(=O)C(C)N1CCN(c2ccccn2)CC1. The van der Waals surface area contributed by atoms with Gasteiger partial charge in [-0.1, -0.05) is 6.07 Å². The van der Waals surface area contributed by atoms with Crippen molar-refractivity contribution in [2.45, 2.75) is 19.9 Å². The Kier molecular flexibility index (Phi) is 4.74. The van der Waals surface area contributed by atoms with E-state index in [1.807, 2.05) is 38.2 Å². The molecule has 1 unspecified atom stereocenters. The maximum absolute atomic E-state index is 11.7. The zero-order valence-electron chi connectivity index (χ0n) is 11.6. The molecule has 0 amide bonds. The molecule has 1 atom stereocenters. The Hall–Kier alpha value is -1.62. The van der Waals surface area contributed by atoms with Gasteiger partial charge < -0.3 is 9.64 Å². The van der Waals surface area contributed by atoms with E-state index in [-0.39, 0.29) is 12.0 Å². The number of pyridine rings is 1. The van der Waals surface area contributed by atoms with Gasteiger partial charge in [0, 0.05) is 32.4 Å². The van der Waals surface area contributed by atoms with Gasteiger partial charge in [0.25, 0.3) is 0 Å². The summed E-state index contributed by atoms with van der Waals surface area (Å²) in [5, 5.41) is 0. The third-order valence-corrected chi connectivity index (χ3v) is 3.46. The van der Waals surface area contributed by atoms with E-state index in [4.69, 9.17) is 4.74 Å². The number of carbonyl (C=O) groups excluding carboxylic acids is 1. The molecule has 1 saturated heterocycles. The summed E-state index contributed by atoms with van der Waals surface area (Å²) in [5.41, 5.74) is 0. The highest BCUT2D eigenvalue weighted by molar-refractivity contribution is 5.75. The van der Waals surface area contributed by atoms with Crippen LogP contribution in [0.3, 0.4) is 0 Å². The van der Waals surface area contributed by atoms with Gasteiger partial charge >= 0.3 is 5.97 Å². The fourth-order valence-corrected chi connectivity index (χ4v) is 2.29. The molecule has 1 fully saturated rings. The van der Waals surface area contributed by atoms with E-state index >= 15 is 0 Å². The maximum atomic E-state index is 11.7. The van der Waals surface area contributed by atoms with Crippen LogP contribution in [0.1, 0.15) is 13.8 Å². The van der Waals surface area contributed by atoms with Crippen LogP contribution in [0.2, 0.25) is 0 Å². The van der Waals surface area contributed by atoms with E-state index in [1.165, 1.54) is 0 Å². The lowest BCUT2D eigenvalue weighted by atomic mass is 10.2. The third kappa shape index (κ3) is 3.44. The molecule has 2 heterocycles. The lowest BCUT2D eigenvalue weighted by Crippen LogP contribution is -2.52. The van der Waals surface area contributed by atoms with Crippen molar-refractivity contribution in [3.8, 4) is 0 Å². The largest absolute Gasteiger partial charge is 0.465 e. The number of carbonyl (C=O) groups is 1. The van der Waals surface area contributed by atoms with Gasteiger partial charge in [0.2, 0.25) is 0 Å². The molecule has 1 aromatic rings. The summed E-state index contributed by atoms with van der Waals surface area (Å²) in [6.45, 7) is 7.68. The summed E-state index contributed by atoms with van der Waals surface area (Å²) < 4.78 is 5.06. The van der Waals surface area contributed by atoms with Crippen LogP contribution >= 0.6 is 0 Å². The van der Waals surface area contributed by atoms with Crippen molar-refractivity contribution in [3.63, 3.8) is 0 Å². The first kappa shape index (κ1) is 13.8. The van der Waals surface area contributed by atoms with E-state index in [9.17, 15) is 4.79 Å². The average Bonchev–Trinajstić information content (AvgIpc) is 2.48. The molecule has 0 saturated carbocycles. The Balaban J connectivity index is 1.87. The van der Waals surface area contributed by atoms with Gasteiger partial charge in [-0.05, 0) is 26.0 Å². The molecule has 1 aliphatic rings. The molecule has 0 spiro atoms. The van der Waals surface area contributed by atoms with Crippen molar-refractivity contribution in [2.75, 3.05) is 37.7 Å². The molecule has 0 aliphatic carbocycles. The molecular formula is C14H21N3O2. The monoisotopic (exact) mass is 263 g/mol. The zero-order valence-corrected chi connectivity index (χ0v) is 11.6. The standard InChI is InChI=1S/C14H21N3O2/c1-3-19-14(18)12(2)16-8-10-17(11-9-16)13-6-4-5-7-15-13/h4-7,12H,3,8-11H2,1-2H3.